The third-order valence-corrected chi connectivity index (χ3v) is 5.24. The van der Waals surface area contributed by atoms with Gasteiger partial charge < -0.3 is 20.1 Å². The molecule has 7 heteroatoms. The van der Waals surface area contributed by atoms with Crippen LogP contribution in [0.1, 0.15) is 36.0 Å². The van der Waals surface area contributed by atoms with E-state index in [4.69, 9.17) is 20.1 Å². The summed E-state index contributed by atoms with van der Waals surface area (Å²) in [6.45, 7) is 3.35. The largest absolute Gasteiger partial charge is 0.487 e. The van der Waals surface area contributed by atoms with Crippen LogP contribution < -0.4 is 16.4 Å². The topological polar surface area (TPSA) is 109 Å². The number of nitrogens with zero attached hydrogens (tertiary/aromatic N) is 1. The fraction of sp³-hybridized carbons (Fsp3) is 0.259. The summed E-state index contributed by atoms with van der Waals surface area (Å²) < 4.78 is 5.72. The van der Waals surface area contributed by atoms with Crippen LogP contribution in [-0.4, -0.2) is 25.9 Å². The first-order valence-corrected chi connectivity index (χ1v) is 11.0. The predicted octanol–water partition coefficient (Wildman–Crippen LogP) is 4.42. The molecule has 0 radical (unpaired) electrons. The van der Waals surface area contributed by atoms with Crippen molar-refractivity contribution in [3.05, 3.63) is 102 Å². The molecule has 0 saturated heterocycles. The number of oxime groups is 1. The second kappa shape index (κ2) is 15.2. The van der Waals surface area contributed by atoms with Crippen LogP contribution in [0, 0.1) is 5.92 Å². The second-order valence-corrected chi connectivity index (χ2v) is 7.69. The van der Waals surface area contributed by atoms with Gasteiger partial charge in [0.15, 0.2) is 0 Å². The first-order chi connectivity index (χ1) is 16.6. The summed E-state index contributed by atoms with van der Waals surface area (Å²) in [6.07, 6.45) is 1.39. The maximum atomic E-state index is 8.83. The van der Waals surface area contributed by atoms with E-state index in [1.807, 2.05) is 54.6 Å². The lowest BCUT2D eigenvalue weighted by atomic mass is 10.1. The molecular formula is C27H33N3O4. The Morgan fingerprint density at radius 2 is 1.56 bits per heavy atom. The molecule has 0 heterocycles. The molecular weight excluding hydrogens is 430 g/mol. The predicted molar refractivity (Wildman–Crippen MR) is 134 cm³/mol. The van der Waals surface area contributed by atoms with Gasteiger partial charge in [-0.05, 0) is 41.5 Å². The fourth-order valence-electron chi connectivity index (χ4n) is 3.26. The van der Waals surface area contributed by atoms with Crippen molar-refractivity contribution >= 4 is 12.2 Å². The van der Waals surface area contributed by atoms with Gasteiger partial charge in [-0.3, -0.25) is 4.79 Å². The van der Waals surface area contributed by atoms with Crippen molar-refractivity contribution in [1.82, 2.24) is 0 Å². The molecule has 1 aliphatic rings. The Morgan fingerprint density at radius 1 is 1.00 bits per heavy atom. The van der Waals surface area contributed by atoms with E-state index in [-0.39, 0.29) is 6.47 Å². The number of carbonyl (C=O) groups is 1. The quantitative estimate of drug-likeness (QED) is 0.291. The molecule has 7 nitrogen and oxygen atoms in total. The van der Waals surface area contributed by atoms with E-state index in [0.717, 1.165) is 34.4 Å². The molecule has 4 rings (SSSR count). The van der Waals surface area contributed by atoms with E-state index in [9.17, 15) is 0 Å². The summed E-state index contributed by atoms with van der Waals surface area (Å²) in [5, 5.41) is 4.01. The number of carbonyl (C=O) groups excluding carboxylic acids is 1. The van der Waals surface area contributed by atoms with Crippen LogP contribution >= 0.6 is 0 Å². The Hall–Kier alpha value is -3.68. The summed E-state index contributed by atoms with van der Waals surface area (Å²) in [5.74, 6) is 6.75. The lowest BCUT2D eigenvalue weighted by molar-refractivity contribution is -0.129. The summed E-state index contributed by atoms with van der Waals surface area (Å²) in [5.41, 5.74) is 9.89. The van der Waals surface area contributed by atoms with Gasteiger partial charge in [-0.1, -0.05) is 84.9 Å². The minimum Gasteiger partial charge on any atom is -0.487 e. The van der Waals surface area contributed by atoms with Crippen molar-refractivity contribution in [2.75, 3.05) is 13.7 Å². The zero-order valence-corrected chi connectivity index (χ0v) is 19.7. The smallest absolute Gasteiger partial charge is 0.312 e. The minimum atomic E-state index is 0.153. The maximum absolute atomic E-state index is 8.83. The number of rotatable bonds is 8. The van der Waals surface area contributed by atoms with Gasteiger partial charge >= 0.3 is 6.47 Å². The standard InChI is InChI=1S/C16H18N2O2.C10H12.CH3NO2/c1-19-18-16(14-5-3-2-4-6-14)12-20-15-9-7-13(11-17)8-10-15;1-8-7-10(8)9-5-3-2-4-6-9;2-4-1-3/h2-10H,11-12,17H2,1H3;2-6,8,10H,7H2,1H3;1H,2H2/b18-16-;;. The van der Waals surface area contributed by atoms with E-state index >= 15 is 0 Å². The van der Waals surface area contributed by atoms with Crippen LogP contribution in [0.25, 0.3) is 0 Å². The highest BCUT2D eigenvalue weighted by Crippen LogP contribution is 2.46. The molecule has 0 aliphatic heterocycles. The van der Waals surface area contributed by atoms with Gasteiger partial charge in [0.05, 0.1) is 0 Å². The Bertz CT molecular complexity index is 980. The average molecular weight is 464 g/mol. The van der Waals surface area contributed by atoms with Gasteiger partial charge in [0, 0.05) is 12.1 Å². The molecule has 0 amide bonds. The third kappa shape index (κ3) is 9.44. The number of hydrogen-bond donors (Lipinski definition) is 2. The summed E-state index contributed by atoms with van der Waals surface area (Å²) in [6, 6.07) is 28.3. The molecule has 180 valence electrons. The average Bonchev–Trinajstić information content (AvgIpc) is 3.65. The Labute approximate surface area is 201 Å². The van der Waals surface area contributed by atoms with Crippen molar-refractivity contribution in [3.8, 4) is 5.75 Å². The molecule has 3 aromatic carbocycles. The van der Waals surface area contributed by atoms with Crippen molar-refractivity contribution in [3.63, 3.8) is 0 Å². The van der Waals surface area contributed by atoms with Crippen molar-refractivity contribution < 1.29 is 19.2 Å². The van der Waals surface area contributed by atoms with Gasteiger partial charge in [0.1, 0.15) is 25.2 Å². The number of nitrogens with two attached hydrogens (primary N) is 2. The Morgan fingerprint density at radius 3 is 2.03 bits per heavy atom. The van der Waals surface area contributed by atoms with E-state index in [2.05, 4.69) is 53.1 Å². The molecule has 0 spiro atoms. The maximum Gasteiger partial charge on any atom is 0.312 e. The zero-order valence-electron chi connectivity index (χ0n) is 19.7. The van der Waals surface area contributed by atoms with Crippen LogP contribution in [-0.2, 0) is 21.0 Å². The van der Waals surface area contributed by atoms with Crippen molar-refractivity contribution in [1.29, 1.82) is 0 Å². The van der Waals surface area contributed by atoms with Gasteiger partial charge in [-0.15, -0.1) is 0 Å². The highest BCUT2D eigenvalue weighted by atomic mass is 16.6. The molecule has 2 atom stereocenters. The highest BCUT2D eigenvalue weighted by molar-refractivity contribution is 6.01. The molecule has 4 N–H and O–H groups in total. The van der Waals surface area contributed by atoms with Crippen LogP contribution in [0.2, 0.25) is 0 Å². The second-order valence-electron chi connectivity index (χ2n) is 7.69. The first kappa shape index (κ1) is 26.6. The molecule has 3 aromatic rings. The molecule has 0 aromatic heterocycles. The summed E-state index contributed by atoms with van der Waals surface area (Å²) in [7, 11) is 1.53. The van der Waals surface area contributed by atoms with E-state index in [1.165, 1.54) is 19.1 Å². The lowest BCUT2D eigenvalue weighted by Gasteiger charge is -2.09. The van der Waals surface area contributed by atoms with Gasteiger partial charge in [0.25, 0.3) is 0 Å². The van der Waals surface area contributed by atoms with Crippen molar-refractivity contribution in [2.45, 2.75) is 25.8 Å². The summed E-state index contributed by atoms with van der Waals surface area (Å²) in [4.78, 5) is 17.1. The zero-order chi connectivity index (χ0) is 24.6. The monoisotopic (exact) mass is 463 g/mol. The minimum absolute atomic E-state index is 0.153. The number of ether oxygens (including phenoxy) is 1. The van der Waals surface area contributed by atoms with Crippen LogP contribution in [0.3, 0.4) is 0 Å². The van der Waals surface area contributed by atoms with E-state index < -0.39 is 0 Å². The number of hydrogen-bond acceptors (Lipinski definition) is 7. The third-order valence-electron chi connectivity index (χ3n) is 5.24. The molecule has 34 heavy (non-hydrogen) atoms. The van der Waals surface area contributed by atoms with E-state index in [1.54, 1.807) is 0 Å². The SMILES string of the molecule is CC1CC1c1ccccc1.CO/N=C(/COc1ccc(CN)cc1)c1ccccc1.NOC=O. The normalized spacial score (nSPS) is 16.1. The van der Waals surface area contributed by atoms with Crippen LogP contribution in [0.15, 0.2) is 90.1 Å². The highest BCUT2D eigenvalue weighted by Gasteiger charge is 2.33. The molecule has 2 unspecified atom stereocenters. The van der Waals surface area contributed by atoms with Crippen molar-refractivity contribution in [2.24, 2.45) is 22.7 Å². The summed E-state index contributed by atoms with van der Waals surface area (Å²) >= 11 is 0. The van der Waals surface area contributed by atoms with Crippen LogP contribution in [0.4, 0.5) is 0 Å². The lowest BCUT2D eigenvalue weighted by Crippen LogP contribution is -2.13. The fourth-order valence-corrected chi connectivity index (χ4v) is 3.26. The van der Waals surface area contributed by atoms with Crippen LogP contribution in [0.5, 0.6) is 5.75 Å². The van der Waals surface area contributed by atoms with Gasteiger partial charge in [-0.2, -0.15) is 5.90 Å². The molecule has 1 saturated carbocycles. The molecule has 1 fully saturated rings. The molecule has 0 bridgehead atoms. The van der Waals surface area contributed by atoms with E-state index in [0.29, 0.717) is 13.2 Å². The van der Waals surface area contributed by atoms with Gasteiger partial charge in [0.2, 0.25) is 0 Å². The Balaban J connectivity index is 0.000000240. The number of benzene rings is 3. The Kier molecular flexibility index (Phi) is 11.9. The van der Waals surface area contributed by atoms with Gasteiger partial charge in [-0.25, -0.2) is 0 Å². The molecule has 1 aliphatic carbocycles. The first-order valence-electron chi connectivity index (χ1n) is 11.0.